The van der Waals surface area contributed by atoms with Gasteiger partial charge in [0.1, 0.15) is 0 Å². The van der Waals surface area contributed by atoms with Crippen LogP contribution in [0, 0.1) is 12.8 Å². The molecule has 3 nitrogen and oxygen atoms in total. The number of benzene rings is 1. The van der Waals surface area contributed by atoms with E-state index < -0.39 is 0 Å². The number of anilines is 1. The summed E-state index contributed by atoms with van der Waals surface area (Å²) in [5.41, 5.74) is 8.27. The van der Waals surface area contributed by atoms with E-state index in [4.69, 9.17) is 5.73 Å². The number of likely N-dealkylation sites (tertiary alicyclic amines) is 1. The number of carbonyl (C=O) groups is 1. The number of amides is 1. The predicted molar refractivity (Wildman–Crippen MR) is 74.5 cm³/mol. The molecule has 1 aliphatic heterocycles. The third-order valence-electron chi connectivity index (χ3n) is 3.84. The quantitative estimate of drug-likeness (QED) is 0.774. The van der Waals surface area contributed by atoms with Crippen molar-refractivity contribution in [3.63, 3.8) is 0 Å². The molecule has 3 heteroatoms. The molecule has 0 bridgehead atoms. The molecule has 1 saturated heterocycles. The minimum atomic E-state index is 0.0758. The van der Waals surface area contributed by atoms with E-state index in [1.807, 2.05) is 30.0 Å². The topological polar surface area (TPSA) is 46.3 Å². The molecule has 98 valence electrons. The van der Waals surface area contributed by atoms with Crippen LogP contribution in [0.15, 0.2) is 18.2 Å². The Labute approximate surface area is 109 Å². The Morgan fingerprint density at radius 2 is 2.11 bits per heavy atom. The second kappa shape index (κ2) is 5.01. The highest BCUT2D eigenvalue weighted by Crippen LogP contribution is 2.25. The van der Waals surface area contributed by atoms with E-state index in [1.165, 1.54) is 0 Å². The highest BCUT2D eigenvalue weighted by atomic mass is 16.2. The highest BCUT2D eigenvalue weighted by Gasteiger charge is 2.28. The Kier molecular flexibility index (Phi) is 3.60. The lowest BCUT2D eigenvalue weighted by Crippen LogP contribution is -2.44. The molecule has 0 aliphatic carbocycles. The first-order valence-corrected chi connectivity index (χ1v) is 6.66. The normalized spacial score (nSPS) is 24.1. The van der Waals surface area contributed by atoms with E-state index in [-0.39, 0.29) is 5.91 Å². The van der Waals surface area contributed by atoms with Crippen LogP contribution in [0.25, 0.3) is 0 Å². The fourth-order valence-corrected chi connectivity index (χ4v) is 2.74. The van der Waals surface area contributed by atoms with Crippen molar-refractivity contribution in [3.8, 4) is 0 Å². The maximum absolute atomic E-state index is 12.5. The predicted octanol–water partition coefficient (Wildman–Crippen LogP) is 2.84. The Morgan fingerprint density at radius 3 is 2.72 bits per heavy atom. The average Bonchev–Trinajstić information content (AvgIpc) is 2.28. The first-order valence-electron chi connectivity index (χ1n) is 6.66. The second-order valence-corrected chi connectivity index (χ2v) is 5.57. The zero-order valence-electron chi connectivity index (χ0n) is 11.4. The molecular formula is C15H22N2O. The van der Waals surface area contributed by atoms with Crippen molar-refractivity contribution in [1.29, 1.82) is 0 Å². The molecule has 0 saturated carbocycles. The largest absolute Gasteiger partial charge is 0.398 e. The molecule has 2 N–H and O–H groups in total. The Bertz CT molecular complexity index is 456. The molecule has 0 aromatic heterocycles. The number of nitrogen functional groups attached to an aromatic ring is 1. The van der Waals surface area contributed by atoms with Gasteiger partial charge in [0.25, 0.3) is 5.91 Å². The number of aryl methyl sites for hydroxylation is 1. The maximum atomic E-state index is 12.5. The minimum absolute atomic E-state index is 0.0758. The Morgan fingerprint density at radius 1 is 1.39 bits per heavy atom. The van der Waals surface area contributed by atoms with Crippen LogP contribution in [0.3, 0.4) is 0 Å². The summed E-state index contributed by atoms with van der Waals surface area (Å²) in [7, 11) is 0. The molecular weight excluding hydrogens is 224 g/mol. The molecule has 0 spiro atoms. The zero-order valence-corrected chi connectivity index (χ0v) is 11.4. The number of hydrogen-bond donors (Lipinski definition) is 1. The number of carbonyl (C=O) groups excluding carboxylic acids is 1. The van der Waals surface area contributed by atoms with Crippen LogP contribution in [-0.2, 0) is 0 Å². The van der Waals surface area contributed by atoms with Gasteiger partial charge in [-0.05, 0) is 50.3 Å². The van der Waals surface area contributed by atoms with E-state index in [1.54, 1.807) is 0 Å². The number of piperidine rings is 1. The molecule has 1 fully saturated rings. The van der Waals surface area contributed by atoms with Gasteiger partial charge in [-0.2, -0.15) is 0 Å². The van der Waals surface area contributed by atoms with Gasteiger partial charge in [0.15, 0.2) is 0 Å². The van der Waals surface area contributed by atoms with E-state index >= 15 is 0 Å². The first kappa shape index (κ1) is 12.9. The maximum Gasteiger partial charge on any atom is 0.256 e. The van der Waals surface area contributed by atoms with Gasteiger partial charge in [0, 0.05) is 18.3 Å². The van der Waals surface area contributed by atoms with Crippen molar-refractivity contribution >= 4 is 11.6 Å². The van der Waals surface area contributed by atoms with Crippen molar-refractivity contribution < 1.29 is 4.79 Å². The smallest absolute Gasteiger partial charge is 0.256 e. The Balaban J connectivity index is 2.20. The summed E-state index contributed by atoms with van der Waals surface area (Å²) in [5.74, 6) is 0.784. The summed E-state index contributed by atoms with van der Waals surface area (Å²) in [6, 6.07) is 5.96. The summed E-state index contributed by atoms with van der Waals surface area (Å²) < 4.78 is 0. The van der Waals surface area contributed by atoms with Crippen molar-refractivity contribution in [2.75, 3.05) is 12.3 Å². The number of rotatable bonds is 1. The zero-order chi connectivity index (χ0) is 13.3. The van der Waals surface area contributed by atoms with Crippen LogP contribution in [0.4, 0.5) is 5.69 Å². The van der Waals surface area contributed by atoms with Gasteiger partial charge in [-0.15, -0.1) is 0 Å². The molecule has 1 amide bonds. The van der Waals surface area contributed by atoms with Crippen LogP contribution >= 0.6 is 0 Å². The molecule has 1 aromatic rings. The van der Waals surface area contributed by atoms with Crippen molar-refractivity contribution in [3.05, 3.63) is 29.3 Å². The van der Waals surface area contributed by atoms with Crippen LogP contribution < -0.4 is 5.73 Å². The van der Waals surface area contributed by atoms with Crippen molar-refractivity contribution in [2.45, 2.75) is 39.7 Å². The fraction of sp³-hybridized carbons (Fsp3) is 0.533. The minimum Gasteiger partial charge on any atom is -0.398 e. The monoisotopic (exact) mass is 246 g/mol. The first-order chi connectivity index (χ1) is 8.49. The van der Waals surface area contributed by atoms with E-state index in [9.17, 15) is 4.79 Å². The third kappa shape index (κ3) is 2.50. The van der Waals surface area contributed by atoms with Gasteiger partial charge in [0.05, 0.1) is 5.56 Å². The van der Waals surface area contributed by atoms with Crippen LogP contribution in [0.2, 0.25) is 0 Å². The fourth-order valence-electron chi connectivity index (χ4n) is 2.74. The molecule has 1 heterocycles. The van der Waals surface area contributed by atoms with Crippen LogP contribution in [0.1, 0.15) is 42.6 Å². The number of nitrogens with two attached hydrogens (primary N) is 1. The SMILES string of the molecule is Cc1ccc(C(=O)N2CCC(C)CC2C)c(N)c1. The van der Waals surface area contributed by atoms with Crippen molar-refractivity contribution in [1.82, 2.24) is 4.90 Å². The van der Waals surface area contributed by atoms with Crippen LogP contribution in [-0.4, -0.2) is 23.4 Å². The molecule has 0 radical (unpaired) electrons. The molecule has 2 unspecified atom stereocenters. The molecule has 2 atom stereocenters. The van der Waals surface area contributed by atoms with Gasteiger partial charge in [-0.3, -0.25) is 4.79 Å². The van der Waals surface area contributed by atoms with Crippen LogP contribution in [0.5, 0.6) is 0 Å². The highest BCUT2D eigenvalue weighted by molar-refractivity contribution is 5.99. The Hall–Kier alpha value is -1.51. The van der Waals surface area contributed by atoms with Crippen molar-refractivity contribution in [2.24, 2.45) is 5.92 Å². The summed E-state index contributed by atoms with van der Waals surface area (Å²) in [6.07, 6.45) is 2.17. The summed E-state index contributed by atoms with van der Waals surface area (Å²) in [6.45, 7) is 7.20. The molecule has 1 aliphatic rings. The molecule has 2 rings (SSSR count). The molecule has 1 aromatic carbocycles. The van der Waals surface area contributed by atoms with Gasteiger partial charge in [-0.1, -0.05) is 13.0 Å². The third-order valence-corrected chi connectivity index (χ3v) is 3.84. The van der Waals surface area contributed by atoms with Gasteiger partial charge >= 0.3 is 0 Å². The average molecular weight is 246 g/mol. The van der Waals surface area contributed by atoms with E-state index in [2.05, 4.69) is 13.8 Å². The standard InChI is InChI=1S/C15H22N2O/c1-10-4-5-13(14(16)9-10)15(18)17-7-6-11(2)8-12(17)3/h4-5,9,11-12H,6-8,16H2,1-3H3. The van der Waals surface area contributed by atoms with E-state index in [0.29, 0.717) is 23.2 Å². The lowest BCUT2D eigenvalue weighted by Gasteiger charge is -2.36. The number of hydrogen-bond acceptors (Lipinski definition) is 2. The number of nitrogens with zero attached hydrogens (tertiary/aromatic N) is 1. The van der Waals surface area contributed by atoms with E-state index in [0.717, 1.165) is 24.9 Å². The van der Waals surface area contributed by atoms with Gasteiger partial charge in [0.2, 0.25) is 0 Å². The lowest BCUT2D eigenvalue weighted by molar-refractivity contribution is 0.0590. The van der Waals surface area contributed by atoms with Gasteiger partial charge < -0.3 is 10.6 Å². The summed E-state index contributed by atoms with van der Waals surface area (Å²) >= 11 is 0. The molecule has 18 heavy (non-hydrogen) atoms. The summed E-state index contributed by atoms with van der Waals surface area (Å²) in [4.78, 5) is 14.5. The second-order valence-electron chi connectivity index (χ2n) is 5.57. The lowest BCUT2D eigenvalue weighted by atomic mass is 9.92. The van der Waals surface area contributed by atoms with Gasteiger partial charge in [-0.25, -0.2) is 0 Å². The summed E-state index contributed by atoms with van der Waals surface area (Å²) in [5, 5.41) is 0.